The fraction of sp³-hybridized carbons (Fsp3) is 0.351. The molecule has 0 saturated heterocycles. The number of hydrogen-bond donors (Lipinski definition) is 5. The first-order chi connectivity index (χ1) is 24.9. The highest BCUT2D eigenvalue weighted by Crippen LogP contribution is 2.58. The van der Waals surface area contributed by atoms with Gasteiger partial charge in [0.05, 0.1) is 39.9 Å². The summed E-state index contributed by atoms with van der Waals surface area (Å²) in [6, 6.07) is 8.01. The molecule has 2 heterocycles. The van der Waals surface area contributed by atoms with Gasteiger partial charge in [-0.3, -0.25) is 14.9 Å². The van der Waals surface area contributed by atoms with Crippen molar-refractivity contribution in [3.05, 3.63) is 87.3 Å². The van der Waals surface area contributed by atoms with Gasteiger partial charge < -0.3 is 21.5 Å². The van der Waals surface area contributed by atoms with Gasteiger partial charge >= 0.3 is 0 Å². The average Bonchev–Trinajstić information content (AvgIpc) is 3.42. The molecule has 278 valence electrons. The third kappa shape index (κ3) is 7.43. The number of aliphatic hydroxyl groups is 1. The molecule has 1 fully saturated rings. The minimum atomic E-state index is -3.58. The van der Waals surface area contributed by atoms with E-state index in [2.05, 4.69) is 27.6 Å². The molecule has 0 unspecified atom stereocenters. The molecular formula is C37H34ClF6N7O2. The van der Waals surface area contributed by atoms with E-state index in [4.69, 9.17) is 27.7 Å². The van der Waals surface area contributed by atoms with Crippen molar-refractivity contribution >= 4 is 39.9 Å². The summed E-state index contributed by atoms with van der Waals surface area (Å²) in [5.74, 6) is -2.90. The molecule has 0 spiro atoms. The van der Waals surface area contributed by atoms with Crippen molar-refractivity contribution in [2.45, 2.75) is 57.1 Å². The van der Waals surface area contributed by atoms with Gasteiger partial charge in [0.1, 0.15) is 28.6 Å². The zero-order valence-corrected chi connectivity index (χ0v) is 29.4. The number of benzene rings is 2. The number of alkyl halides is 4. The van der Waals surface area contributed by atoms with Gasteiger partial charge in [-0.25, -0.2) is 22.5 Å². The highest BCUT2D eigenvalue weighted by Gasteiger charge is 2.61. The normalized spacial score (nSPS) is 18.3. The molecular weight excluding hydrogens is 724 g/mol. The largest absolute Gasteiger partial charge is 0.382 e. The van der Waals surface area contributed by atoms with Crippen LogP contribution in [0.25, 0.3) is 22.0 Å². The Labute approximate surface area is 305 Å². The third-order valence-electron chi connectivity index (χ3n) is 9.35. The first-order valence-corrected chi connectivity index (χ1v) is 16.9. The van der Waals surface area contributed by atoms with Gasteiger partial charge in [-0.1, -0.05) is 23.6 Å². The smallest absolute Gasteiger partial charge is 0.290 e. The third-order valence-corrected chi connectivity index (χ3v) is 9.67. The summed E-state index contributed by atoms with van der Waals surface area (Å²) in [5.41, 5.74) is 3.86. The SMILES string of the molecule is Cn1nc(N)c2c(Cl)ccc(-c3ccc(C#CC(C)(C)O)nc3[C@H](Cc3cc(F)cc(F)c3)NC(=O)CNC3=C(C(=N)C(F)F)[C@H]4CC[C@H]4C3(F)F)c21. The first-order valence-electron chi connectivity index (χ1n) is 16.5. The number of carbonyl (C=O) groups is 1. The quantitative estimate of drug-likeness (QED) is 0.0713. The van der Waals surface area contributed by atoms with Crippen LogP contribution in [0.5, 0.6) is 0 Å². The molecule has 53 heavy (non-hydrogen) atoms. The highest BCUT2D eigenvalue weighted by molar-refractivity contribution is 6.37. The zero-order valence-electron chi connectivity index (χ0n) is 28.6. The summed E-state index contributed by atoms with van der Waals surface area (Å²) in [7, 11) is 1.64. The van der Waals surface area contributed by atoms with Gasteiger partial charge in [-0.15, -0.1) is 0 Å². The number of pyridine rings is 1. The van der Waals surface area contributed by atoms with E-state index in [0.717, 1.165) is 12.1 Å². The second-order valence-electron chi connectivity index (χ2n) is 13.6. The molecule has 3 atom stereocenters. The Bertz CT molecular complexity index is 2220. The number of carbonyl (C=O) groups excluding carboxylic acids is 1. The second-order valence-corrected chi connectivity index (χ2v) is 14.0. The van der Waals surface area contributed by atoms with Crippen LogP contribution >= 0.6 is 11.6 Å². The zero-order chi connectivity index (χ0) is 38.6. The molecule has 1 amide bonds. The maximum absolute atomic E-state index is 15.4. The molecule has 2 aromatic heterocycles. The molecule has 6 rings (SSSR count). The summed E-state index contributed by atoms with van der Waals surface area (Å²) in [4.78, 5) is 18.4. The van der Waals surface area contributed by atoms with Crippen LogP contribution in [0.4, 0.5) is 32.2 Å². The molecule has 2 aromatic carbocycles. The molecule has 16 heteroatoms. The fourth-order valence-electron chi connectivity index (χ4n) is 6.97. The standard InChI is InChI=1S/C37H34ClF6N7O2/c1-36(2,53)11-10-20-4-5-21(22-7-9-25(38)29-32(22)51(3)50-35(29)46)31(48-20)26(14-17-12-18(39)15-19(40)13-17)49-27(52)16-47-33-28(30(45)34(41)42)23-6-8-24(23)37(33,43)44/h4-5,7,9,12-13,15,23-24,26,34,45,47,53H,6,8,14,16H2,1-3H3,(H2,46,50)(H,49,52)/t23-,24+,26-/m0/s1. The number of amides is 1. The molecule has 4 aromatic rings. The Kier molecular flexibility index (Phi) is 9.99. The van der Waals surface area contributed by atoms with Crippen molar-refractivity contribution in [2.24, 2.45) is 18.9 Å². The summed E-state index contributed by atoms with van der Waals surface area (Å²) in [6.45, 7) is 2.10. The van der Waals surface area contributed by atoms with Crippen LogP contribution < -0.4 is 16.4 Å². The number of nitrogens with one attached hydrogen (secondary N) is 3. The molecule has 2 aliphatic carbocycles. The molecule has 0 radical (unpaired) electrons. The molecule has 0 aliphatic heterocycles. The van der Waals surface area contributed by atoms with Gasteiger partial charge in [0, 0.05) is 35.7 Å². The molecule has 9 nitrogen and oxygen atoms in total. The van der Waals surface area contributed by atoms with E-state index in [-0.39, 0.29) is 42.0 Å². The summed E-state index contributed by atoms with van der Waals surface area (Å²) >= 11 is 6.49. The minimum Gasteiger partial charge on any atom is -0.382 e. The number of nitrogens with two attached hydrogens (primary N) is 1. The summed E-state index contributed by atoms with van der Waals surface area (Å²) in [5, 5.41) is 28.2. The van der Waals surface area contributed by atoms with E-state index in [1.807, 2.05) is 0 Å². The topological polar surface area (TPSA) is 142 Å². The first kappa shape index (κ1) is 37.7. The fourth-order valence-corrected chi connectivity index (χ4v) is 7.22. The lowest BCUT2D eigenvalue weighted by molar-refractivity contribution is -0.121. The lowest BCUT2D eigenvalue weighted by atomic mass is 9.71. The lowest BCUT2D eigenvalue weighted by Gasteiger charge is -2.35. The average molecular weight is 758 g/mol. The van der Waals surface area contributed by atoms with Crippen LogP contribution in [0.1, 0.15) is 49.7 Å². The van der Waals surface area contributed by atoms with Crippen LogP contribution in [0.3, 0.4) is 0 Å². The molecule has 2 aliphatic rings. The number of hydrogen-bond acceptors (Lipinski definition) is 7. The lowest BCUT2D eigenvalue weighted by Crippen LogP contribution is -2.42. The minimum absolute atomic E-state index is 0.0722. The number of aryl methyl sites for hydroxylation is 1. The van der Waals surface area contributed by atoms with Gasteiger partial charge in [0.25, 0.3) is 12.3 Å². The number of rotatable bonds is 10. The van der Waals surface area contributed by atoms with E-state index in [1.165, 1.54) is 18.5 Å². The monoisotopic (exact) mass is 757 g/mol. The molecule has 0 bridgehead atoms. The van der Waals surface area contributed by atoms with E-state index in [9.17, 15) is 27.5 Å². The predicted octanol–water partition coefficient (Wildman–Crippen LogP) is 6.48. The van der Waals surface area contributed by atoms with E-state index in [0.29, 0.717) is 33.1 Å². The van der Waals surface area contributed by atoms with Crippen LogP contribution in [-0.4, -0.2) is 56.0 Å². The molecule has 1 saturated carbocycles. The highest BCUT2D eigenvalue weighted by atomic mass is 35.5. The van der Waals surface area contributed by atoms with E-state index in [1.54, 1.807) is 31.3 Å². The van der Waals surface area contributed by atoms with E-state index >= 15 is 8.78 Å². The van der Waals surface area contributed by atoms with Crippen molar-refractivity contribution in [2.75, 3.05) is 12.3 Å². The second kappa shape index (κ2) is 14.1. The van der Waals surface area contributed by atoms with Crippen LogP contribution in [0.15, 0.2) is 53.7 Å². The van der Waals surface area contributed by atoms with Gasteiger partial charge in [-0.2, -0.15) is 13.9 Å². The van der Waals surface area contributed by atoms with Crippen molar-refractivity contribution in [3.8, 4) is 23.0 Å². The summed E-state index contributed by atoms with van der Waals surface area (Å²) < 4.78 is 88.4. The van der Waals surface area contributed by atoms with Crippen molar-refractivity contribution < 1.29 is 36.2 Å². The Hall–Kier alpha value is -5.07. The van der Waals surface area contributed by atoms with Gasteiger partial charge in [-0.05, 0) is 80.8 Å². The van der Waals surface area contributed by atoms with Gasteiger partial charge in [0.15, 0.2) is 5.82 Å². The number of aromatic nitrogens is 3. The number of anilines is 1. The number of allylic oxidation sites excluding steroid dienone is 2. The van der Waals surface area contributed by atoms with Crippen molar-refractivity contribution in [3.63, 3.8) is 0 Å². The maximum atomic E-state index is 15.4. The number of halogens is 7. The van der Waals surface area contributed by atoms with Crippen LogP contribution in [-0.2, 0) is 18.3 Å². The van der Waals surface area contributed by atoms with Gasteiger partial charge in [0.2, 0.25) is 5.91 Å². The van der Waals surface area contributed by atoms with Crippen LogP contribution in [0.2, 0.25) is 5.02 Å². The maximum Gasteiger partial charge on any atom is 0.290 e. The Morgan fingerprint density at radius 2 is 1.83 bits per heavy atom. The number of nitrogens with zero attached hydrogens (tertiary/aromatic N) is 3. The number of nitrogen functional groups attached to an aromatic ring is 1. The Morgan fingerprint density at radius 1 is 1.15 bits per heavy atom. The Morgan fingerprint density at radius 3 is 2.45 bits per heavy atom. The molecule has 6 N–H and O–H groups in total. The Balaban J connectivity index is 1.45. The van der Waals surface area contributed by atoms with E-state index < -0.39 is 76.9 Å². The summed E-state index contributed by atoms with van der Waals surface area (Å²) in [6.07, 6.45) is -3.29. The number of fused-ring (bicyclic) bond motifs is 2. The van der Waals surface area contributed by atoms with Crippen molar-refractivity contribution in [1.82, 2.24) is 25.4 Å². The predicted molar refractivity (Wildman–Crippen MR) is 187 cm³/mol. The van der Waals surface area contributed by atoms with Crippen molar-refractivity contribution in [1.29, 1.82) is 5.41 Å². The van der Waals surface area contributed by atoms with Crippen LogP contribution in [0, 0.1) is 40.7 Å².